The van der Waals surface area contributed by atoms with Gasteiger partial charge in [-0.3, -0.25) is 0 Å². The number of hydrogen-bond donors (Lipinski definition) is 1. The normalized spacial score (nSPS) is 13.6. The Morgan fingerprint density at radius 3 is 2.93 bits per heavy atom. The summed E-state index contributed by atoms with van der Waals surface area (Å²) in [5, 5.41) is 3.49. The zero-order valence-corrected chi connectivity index (χ0v) is 11.0. The lowest BCUT2D eigenvalue weighted by Gasteiger charge is -2.10. The summed E-state index contributed by atoms with van der Waals surface area (Å²) >= 11 is 5.27. The molecule has 0 aliphatic rings. The van der Waals surface area contributed by atoms with Gasteiger partial charge in [-0.1, -0.05) is 12.2 Å². The van der Waals surface area contributed by atoms with Crippen LogP contribution in [0.15, 0.2) is 28.1 Å². The molecule has 0 spiro atoms. The first-order valence-corrected chi connectivity index (χ1v) is 6.44. The lowest BCUT2D eigenvalue weighted by molar-refractivity contribution is 0.589. The number of rotatable bonds is 5. The fraction of sp³-hybridized carbons (Fsp3) is 0.455. The number of nitrogens with one attached hydrogen (secondary N) is 1. The van der Waals surface area contributed by atoms with Gasteiger partial charge in [0.1, 0.15) is 0 Å². The van der Waals surface area contributed by atoms with Gasteiger partial charge >= 0.3 is 0 Å². The van der Waals surface area contributed by atoms with E-state index in [9.17, 15) is 0 Å². The molecule has 1 unspecified atom stereocenters. The summed E-state index contributed by atoms with van der Waals surface area (Å²) in [7, 11) is 0. The molecule has 3 heteroatoms. The third-order valence-electron chi connectivity index (χ3n) is 2.02. The predicted octanol–water partition coefficient (Wildman–Crippen LogP) is 4.13. The van der Waals surface area contributed by atoms with Crippen molar-refractivity contribution in [2.75, 3.05) is 6.54 Å². The van der Waals surface area contributed by atoms with E-state index in [1.807, 2.05) is 0 Å². The van der Waals surface area contributed by atoms with Gasteiger partial charge in [-0.05, 0) is 54.9 Å². The van der Waals surface area contributed by atoms with Crippen LogP contribution in [0.1, 0.15) is 31.2 Å². The van der Waals surface area contributed by atoms with Gasteiger partial charge < -0.3 is 5.32 Å². The van der Waals surface area contributed by atoms with Gasteiger partial charge in [0.25, 0.3) is 0 Å². The van der Waals surface area contributed by atoms with E-state index in [1.54, 1.807) is 11.3 Å². The summed E-state index contributed by atoms with van der Waals surface area (Å²) in [6.07, 6.45) is 5.38. The van der Waals surface area contributed by atoms with E-state index in [0.717, 1.165) is 13.0 Å². The Kier molecular flexibility index (Phi) is 5.45. The summed E-state index contributed by atoms with van der Waals surface area (Å²) in [5.74, 6) is 0. The van der Waals surface area contributed by atoms with Crippen LogP contribution in [0.2, 0.25) is 0 Å². The van der Waals surface area contributed by atoms with Gasteiger partial charge in [-0.15, -0.1) is 11.3 Å². The number of allylic oxidation sites excluding steroid dienone is 1. The van der Waals surface area contributed by atoms with Crippen molar-refractivity contribution < 1.29 is 0 Å². The molecule has 1 heterocycles. The molecular weight excluding hydrogens is 258 g/mol. The molecule has 1 atom stereocenters. The molecule has 1 nitrogen and oxygen atoms in total. The average Bonchev–Trinajstić information content (AvgIpc) is 2.59. The summed E-state index contributed by atoms with van der Waals surface area (Å²) in [4.78, 5) is 1.39. The largest absolute Gasteiger partial charge is 0.309 e. The quantitative estimate of drug-likeness (QED) is 0.629. The van der Waals surface area contributed by atoms with Gasteiger partial charge in [0.05, 0.1) is 3.79 Å². The minimum absolute atomic E-state index is 0.455. The molecule has 78 valence electrons. The lowest BCUT2D eigenvalue weighted by atomic mass is 10.2. The summed E-state index contributed by atoms with van der Waals surface area (Å²) in [6.45, 7) is 5.30. The first-order valence-electron chi connectivity index (χ1n) is 4.84. The molecular formula is C11H16BrNS. The van der Waals surface area contributed by atoms with Gasteiger partial charge in [0, 0.05) is 10.9 Å². The molecule has 0 saturated heterocycles. The van der Waals surface area contributed by atoms with Crippen LogP contribution < -0.4 is 5.32 Å². The molecule has 14 heavy (non-hydrogen) atoms. The van der Waals surface area contributed by atoms with E-state index in [1.165, 1.54) is 8.66 Å². The van der Waals surface area contributed by atoms with Crippen molar-refractivity contribution in [3.05, 3.63) is 32.9 Å². The molecule has 1 N–H and O–H groups in total. The number of halogens is 1. The van der Waals surface area contributed by atoms with Gasteiger partial charge in [0.15, 0.2) is 0 Å². The van der Waals surface area contributed by atoms with E-state index < -0.39 is 0 Å². The summed E-state index contributed by atoms with van der Waals surface area (Å²) in [6, 6.07) is 4.73. The van der Waals surface area contributed by atoms with E-state index in [0.29, 0.717) is 6.04 Å². The van der Waals surface area contributed by atoms with Crippen molar-refractivity contribution in [3.63, 3.8) is 0 Å². The van der Waals surface area contributed by atoms with Crippen molar-refractivity contribution >= 4 is 27.3 Å². The van der Waals surface area contributed by atoms with Crippen LogP contribution in [0.4, 0.5) is 0 Å². The molecule has 1 aromatic rings. The summed E-state index contributed by atoms with van der Waals surface area (Å²) in [5.41, 5.74) is 0. The van der Waals surface area contributed by atoms with E-state index in [4.69, 9.17) is 0 Å². The Morgan fingerprint density at radius 1 is 1.57 bits per heavy atom. The highest BCUT2D eigenvalue weighted by atomic mass is 79.9. The SMILES string of the molecule is C/C=C/CCNC(C)c1ccc(Br)s1. The van der Waals surface area contributed by atoms with Crippen LogP contribution in [-0.4, -0.2) is 6.54 Å². The van der Waals surface area contributed by atoms with Crippen molar-refractivity contribution in [3.8, 4) is 0 Å². The summed E-state index contributed by atoms with van der Waals surface area (Å²) < 4.78 is 1.20. The molecule has 0 fully saturated rings. The maximum atomic E-state index is 3.49. The third kappa shape index (κ3) is 3.95. The van der Waals surface area contributed by atoms with Crippen LogP contribution in [0.5, 0.6) is 0 Å². The first-order chi connectivity index (χ1) is 6.74. The van der Waals surface area contributed by atoms with E-state index in [-0.39, 0.29) is 0 Å². The van der Waals surface area contributed by atoms with E-state index >= 15 is 0 Å². The zero-order chi connectivity index (χ0) is 10.4. The molecule has 0 bridgehead atoms. The molecule has 1 aromatic heterocycles. The Bertz CT molecular complexity index is 293. The highest BCUT2D eigenvalue weighted by molar-refractivity contribution is 9.11. The second-order valence-corrected chi connectivity index (χ2v) is 5.67. The molecule has 0 radical (unpaired) electrons. The molecule has 0 saturated carbocycles. The highest BCUT2D eigenvalue weighted by Crippen LogP contribution is 2.26. The molecule has 0 amide bonds. The lowest BCUT2D eigenvalue weighted by Crippen LogP contribution is -2.18. The average molecular weight is 274 g/mol. The number of hydrogen-bond acceptors (Lipinski definition) is 2. The predicted molar refractivity (Wildman–Crippen MR) is 67.9 cm³/mol. The smallest absolute Gasteiger partial charge is 0.0701 e. The molecule has 1 rings (SSSR count). The van der Waals surface area contributed by atoms with Gasteiger partial charge in [0.2, 0.25) is 0 Å². The number of thiophene rings is 1. The standard InChI is InChI=1S/C11H16BrNS/c1-3-4-5-8-13-9(2)10-6-7-11(12)14-10/h3-4,6-7,9,13H,5,8H2,1-2H3/b4-3+. The van der Waals surface area contributed by atoms with Crippen molar-refractivity contribution in [1.82, 2.24) is 5.32 Å². The van der Waals surface area contributed by atoms with Gasteiger partial charge in [-0.25, -0.2) is 0 Å². The first kappa shape index (κ1) is 12.0. The second-order valence-electron chi connectivity index (χ2n) is 3.18. The Morgan fingerprint density at radius 2 is 2.36 bits per heavy atom. The van der Waals surface area contributed by atoms with Crippen LogP contribution in [-0.2, 0) is 0 Å². The Balaban J connectivity index is 2.31. The van der Waals surface area contributed by atoms with Crippen LogP contribution in [0.3, 0.4) is 0 Å². The van der Waals surface area contributed by atoms with Crippen LogP contribution >= 0.6 is 27.3 Å². The molecule has 0 aliphatic carbocycles. The fourth-order valence-electron chi connectivity index (χ4n) is 1.21. The van der Waals surface area contributed by atoms with Crippen LogP contribution in [0.25, 0.3) is 0 Å². The van der Waals surface area contributed by atoms with Crippen LogP contribution in [0, 0.1) is 0 Å². The third-order valence-corrected chi connectivity index (χ3v) is 3.82. The zero-order valence-electron chi connectivity index (χ0n) is 8.59. The minimum atomic E-state index is 0.455. The van der Waals surface area contributed by atoms with Crippen molar-refractivity contribution in [1.29, 1.82) is 0 Å². The maximum absolute atomic E-state index is 3.49. The van der Waals surface area contributed by atoms with Gasteiger partial charge in [-0.2, -0.15) is 0 Å². The minimum Gasteiger partial charge on any atom is -0.309 e. The second kappa shape index (κ2) is 6.38. The molecule has 0 aromatic carbocycles. The van der Waals surface area contributed by atoms with E-state index in [2.05, 4.69) is 59.4 Å². The highest BCUT2D eigenvalue weighted by Gasteiger charge is 2.05. The topological polar surface area (TPSA) is 12.0 Å². The van der Waals surface area contributed by atoms with Crippen molar-refractivity contribution in [2.24, 2.45) is 0 Å². The Hall–Kier alpha value is -0.120. The maximum Gasteiger partial charge on any atom is 0.0701 e. The van der Waals surface area contributed by atoms with Crippen molar-refractivity contribution in [2.45, 2.75) is 26.3 Å². The Labute approximate surface area is 98.4 Å². The monoisotopic (exact) mass is 273 g/mol. The fourth-order valence-corrected chi connectivity index (χ4v) is 2.66. The molecule has 0 aliphatic heterocycles.